The van der Waals surface area contributed by atoms with Crippen LogP contribution in [0.1, 0.15) is 27.2 Å². The van der Waals surface area contributed by atoms with Crippen LogP contribution < -0.4 is 10.6 Å². The molecule has 130 valence electrons. The van der Waals surface area contributed by atoms with Gasteiger partial charge in [0.1, 0.15) is 5.78 Å². The zero-order valence-corrected chi connectivity index (χ0v) is 15.1. The molecule has 8 heteroatoms. The Hall–Kier alpha value is -1.12. The lowest BCUT2D eigenvalue weighted by Gasteiger charge is -2.50. The Morgan fingerprint density at radius 1 is 1.26 bits per heavy atom. The monoisotopic (exact) mass is 342 g/mol. The van der Waals surface area contributed by atoms with E-state index in [4.69, 9.17) is 0 Å². The summed E-state index contributed by atoms with van der Waals surface area (Å²) in [5, 5.41) is 6.63. The highest BCUT2D eigenvalue weighted by Crippen LogP contribution is 2.32. The number of nitrogens with zero attached hydrogens (tertiary/aromatic N) is 2. The SMILES string of the molecule is CC(=O)CSC1NC(CC(C)C)NC2C1C(=O)N(C)C(=O)N2C. The Morgan fingerprint density at radius 3 is 2.48 bits per heavy atom. The van der Waals surface area contributed by atoms with Crippen molar-refractivity contribution in [2.45, 2.75) is 44.9 Å². The number of carbonyl (C=O) groups excluding carboxylic acids is 3. The van der Waals surface area contributed by atoms with Crippen LogP contribution in [0.15, 0.2) is 0 Å². The summed E-state index contributed by atoms with van der Waals surface area (Å²) in [6, 6.07) is -0.302. The van der Waals surface area contributed by atoms with E-state index in [9.17, 15) is 14.4 Å². The number of thioether (sulfide) groups is 1. The van der Waals surface area contributed by atoms with Gasteiger partial charge >= 0.3 is 6.03 Å². The molecule has 2 aliphatic rings. The van der Waals surface area contributed by atoms with Crippen molar-refractivity contribution in [3.05, 3.63) is 0 Å². The second-order valence-electron chi connectivity index (χ2n) is 6.71. The van der Waals surface area contributed by atoms with Crippen LogP contribution >= 0.6 is 11.8 Å². The number of hydrogen-bond acceptors (Lipinski definition) is 6. The number of fused-ring (bicyclic) bond motifs is 1. The molecule has 4 atom stereocenters. The fourth-order valence-corrected chi connectivity index (χ4v) is 4.23. The maximum atomic E-state index is 12.6. The number of amides is 3. The third-order valence-corrected chi connectivity index (χ3v) is 5.56. The third kappa shape index (κ3) is 3.87. The van der Waals surface area contributed by atoms with Crippen LogP contribution in [0.4, 0.5) is 4.79 Å². The molecule has 7 nitrogen and oxygen atoms in total. The van der Waals surface area contributed by atoms with Crippen molar-refractivity contribution in [2.24, 2.45) is 11.8 Å². The van der Waals surface area contributed by atoms with E-state index in [0.717, 1.165) is 11.3 Å². The van der Waals surface area contributed by atoms with Gasteiger partial charge in [-0.1, -0.05) is 13.8 Å². The van der Waals surface area contributed by atoms with Gasteiger partial charge in [-0.2, -0.15) is 0 Å². The zero-order valence-electron chi connectivity index (χ0n) is 14.3. The number of carbonyl (C=O) groups is 3. The first-order chi connectivity index (χ1) is 10.7. The summed E-state index contributed by atoms with van der Waals surface area (Å²) >= 11 is 1.44. The van der Waals surface area contributed by atoms with Crippen molar-refractivity contribution in [2.75, 3.05) is 19.8 Å². The molecule has 2 heterocycles. The Balaban J connectivity index is 2.24. The van der Waals surface area contributed by atoms with Gasteiger partial charge in [-0.3, -0.25) is 25.1 Å². The van der Waals surface area contributed by atoms with Gasteiger partial charge in [-0.25, -0.2) is 4.79 Å². The standard InChI is InChI=1S/C15H26N4O3S/c1-8(2)6-10-16-12-11(13(17-10)23-7-9(3)20)14(21)19(5)15(22)18(12)4/h8,10-13,16-17H,6-7H2,1-5H3. The fourth-order valence-electron chi connectivity index (χ4n) is 3.08. The lowest BCUT2D eigenvalue weighted by atomic mass is 9.95. The number of nitrogens with one attached hydrogen (secondary N) is 2. The normalized spacial score (nSPS) is 31.6. The van der Waals surface area contributed by atoms with Gasteiger partial charge in [0, 0.05) is 14.1 Å². The van der Waals surface area contributed by atoms with Crippen molar-refractivity contribution in [3.63, 3.8) is 0 Å². The highest BCUT2D eigenvalue weighted by atomic mass is 32.2. The molecule has 3 amide bonds. The number of Topliss-reactive ketones (excluding diaryl/α,β-unsaturated/α-hetero) is 1. The van der Waals surface area contributed by atoms with Gasteiger partial charge in [0.2, 0.25) is 5.91 Å². The average molecular weight is 342 g/mol. The second-order valence-corrected chi connectivity index (χ2v) is 7.84. The molecule has 0 radical (unpaired) electrons. The maximum Gasteiger partial charge on any atom is 0.327 e. The highest BCUT2D eigenvalue weighted by molar-refractivity contribution is 8.00. The van der Waals surface area contributed by atoms with E-state index >= 15 is 0 Å². The Labute approximate surface area is 141 Å². The predicted octanol–water partition coefficient (Wildman–Crippen LogP) is 0.666. The number of ketones is 1. The van der Waals surface area contributed by atoms with E-state index in [1.807, 2.05) is 0 Å². The number of imide groups is 1. The van der Waals surface area contributed by atoms with Crippen LogP contribution in [0.3, 0.4) is 0 Å². The second kappa shape index (κ2) is 7.19. The van der Waals surface area contributed by atoms with Crippen LogP contribution in [0, 0.1) is 11.8 Å². The van der Waals surface area contributed by atoms with Gasteiger partial charge in [-0.05, 0) is 19.3 Å². The average Bonchev–Trinajstić information content (AvgIpc) is 2.47. The fraction of sp³-hybridized carbons (Fsp3) is 0.800. The smallest absolute Gasteiger partial charge is 0.311 e. The van der Waals surface area contributed by atoms with Crippen molar-refractivity contribution in [3.8, 4) is 0 Å². The van der Waals surface area contributed by atoms with Crippen LogP contribution in [-0.4, -0.2) is 65.1 Å². The van der Waals surface area contributed by atoms with Crippen molar-refractivity contribution in [1.82, 2.24) is 20.4 Å². The summed E-state index contributed by atoms with van der Waals surface area (Å²) in [6.07, 6.45) is 0.541. The Kier molecular flexibility index (Phi) is 5.70. The molecule has 23 heavy (non-hydrogen) atoms. The van der Waals surface area contributed by atoms with Gasteiger partial charge in [-0.15, -0.1) is 11.8 Å². The summed E-state index contributed by atoms with van der Waals surface area (Å²) in [7, 11) is 3.21. The molecule has 2 rings (SSSR count). The lowest BCUT2D eigenvalue weighted by molar-refractivity contribution is -0.140. The third-order valence-electron chi connectivity index (χ3n) is 4.20. The minimum absolute atomic E-state index is 0.00663. The summed E-state index contributed by atoms with van der Waals surface area (Å²) in [6.45, 7) is 5.80. The topological polar surface area (TPSA) is 81.8 Å². The summed E-state index contributed by atoms with van der Waals surface area (Å²) in [4.78, 5) is 38.9. The molecular formula is C15H26N4O3S. The molecule has 2 fully saturated rings. The van der Waals surface area contributed by atoms with E-state index in [1.165, 1.54) is 18.8 Å². The Bertz CT molecular complexity index is 499. The molecule has 0 aromatic heterocycles. The van der Waals surface area contributed by atoms with Crippen LogP contribution in [0.5, 0.6) is 0 Å². The first kappa shape index (κ1) is 18.2. The molecule has 0 bridgehead atoms. The quantitative estimate of drug-likeness (QED) is 0.764. The zero-order chi connectivity index (χ0) is 17.3. The molecule has 2 N–H and O–H groups in total. The molecule has 2 saturated heterocycles. The van der Waals surface area contributed by atoms with Gasteiger partial charge in [0.25, 0.3) is 0 Å². The maximum absolute atomic E-state index is 12.6. The largest absolute Gasteiger partial charge is 0.327 e. The molecule has 0 aliphatic carbocycles. The van der Waals surface area contributed by atoms with E-state index in [1.54, 1.807) is 18.9 Å². The highest BCUT2D eigenvalue weighted by Gasteiger charge is 2.50. The summed E-state index contributed by atoms with van der Waals surface area (Å²) in [5.41, 5.74) is 0. The molecule has 2 aliphatic heterocycles. The predicted molar refractivity (Wildman–Crippen MR) is 89.6 cm³/mol. The van der Waals surface area contributed by atoms with Crippen molar-refractivity contribution < 1.29 is 14.4 Å². The molecule has 0 aromatic rings. The van der Waals surface area contributed by atoms with E-state index < -0.39 is 5.92 Å². The summed E-state index contributed by atoms with van der Waals surface area (Å²) in [5.74, 6) is 0.285. The first-order valence-electron chi connectivity index (χ1n) is 7.89. The van der Waals surface area contributed by atoms with Crippen LogP contribution in [0.2, 0.25) is 0 Å². The lowest BCUT2D eigenvalue weighted by Crippen LogP contribution is -2.74. The van der Waals surface area contributed by atoms with E-state index in [2.05, 4.69) is 24.5 Å². The molecule has 0 aromatic carbocycles. The van der Waals surface area contributed by atoms with E-state index in [-0.39, 0.29) is 35.4 Å². The van der Waals surface area contributed by atoms with Crippen LogP contribution in [0.25, 0.3) is 0 Å². The number of rotatable bonds is 5. The summed E-state index contributed by atoms with van der Waals surface area (Å²) < 4.78 is 0. The van der Waals surface area contributed by atoms with Gasteiger partial charge in [0.15, 0.2) is 0 Å². The number of urea groups is 1. The minimum atomic E-state index is -0.407. The molecule has 0 saturated carbocycles. The van der Waals surface area contributed by atoms with Gasteiger partial charge in [0.05, 0.1) is 29.4 Å². The molecule has 4 unspecified atom stereocenters. The van der Waals surface area contributed by atoms with Crippen LogP contribution in [-0.2, 0) is 9.59 Å². The molecular weight excluding hydrogens is 316 g/mol. The van der Waals surface area contributed by atoms with E-state index in [0.29, 0.717) is 11.7 Å². The van der Waals surface area contributed by atoms with Gasteiger partial charge < -0.3 is 4.90 Å². The van der Waals surface area contributed by atoms with Crippen molar-refractivity contribution >= 4 is 29.5 Å². The minimum Gasteiger partial charge on any atom is -0.311 e. The van der Waals surface area contributed by atoms with Crippen molar-refractivity contribution in [1.29, 1.82) is 0 Å². The Morgan fingerprint density at radius 2 is 1.91 bits per heavy atom. The first-order valence-corrected chi connectivity index (χ1v) is 8.94. The number of hydrogen-bond donors (Lipinski definition) is 2. The molecule has 0 spiro atoms.